The number of aliphatic hydroxyl groups is 1. The summed E-state index contributed by atoms with van der Waals surface area (Å²) in [5.41, 5.74) is -4.33. The number of hydrogen-bond acceptors (Lipinski definition) is 15. The van der Waals surface area contributed by atoms with Gasteiger partial charge in [-0.2, -0.15) is 0 Å². The maximum absolute atomic E-state index is 13.7. The van der Waals surface area contributed by atoms with E-state index >= 15 is 0 Å². The van der Waals surface area contributed by atoms with Crippen molar-refractivity contribution in [3.63, 3.8) is 0 Å². The van der Waals surface area contributed by atoms with Crippen molar-refractivity contribution >= 4 is 25.6 Å². The monoisotopic (exact) mass is 686 g/mol. The summed E-state index contributed by atoms with van der Waals surface area (Å²) in [7, 11) is -4.68. The zero-order chi connectivity index (χ0) is 33.0. The summed E-state index contributed by atoms with van der Waals surface area (Å²) in [6, 6.07) is 1.15. The van der Waals surface area contributed by atoms with Crippen LogP contribution in [0.1, 0.15) is 66.5 Å². The molecule has 1 aliphatic carbocycles. The smallest absolute Gasteiger partial charge is 0.432 e. The number of fused-ring (bicyclic) bond motifs is 1. The summed E-state index contributed by atoms with van der Waals surface area (Å²) < 4.78 is 70.0. The molecule has 4 rings (SSSR count). The van der Waals surface area contributed by atoms with E-state index < -0.39 is 93.4 Å². The van der Waals surface area contributed by atoms with E-state index in [0.29, 0.717) is 12.8 Å². The molecule has 6 atom stereocenters. The lowest BCUT2D eigenvalue weighted by Crippen LogP contribution is -2.51. The van der Waals surface area contributed by atoms with Crippen molar-refractivity contribution in [2.75, 3.05) is 26.1 Å². The Labute approximate surface area is 263 Å². The first kappa shape index (κ1) is 36.0. The van der Waals surface area contributed by atoms with E-state index in [2.05, 4.69) is 4.98 Å². The molecule has 3 fully saturated rings. The topological polar surface area (TPSA) is 202 Å². The van der Waals surface area contributed by atoms with E-state index in [4.69, 9.17) is 58.3 Å². The van der Waals surface area contributed by atoms with Crippen LogP contribution in [0.15, 0.2) is 21.9 Å². The number of nitrogens with one attached hydrogen (secondary N) is 1. The number of aromatic amines is 1. The number of nitrogens with zero attached hydrogens (tertiary/aromatic N) is 1. The van der Waals surface area contributed by atoms with Gasteiger partial charge in [0.05, 0.1) is 24.7 Å². The molecule has 2 N–H and O–H groups in total. The van der Waals surface area contributed by atoms with Crippen molar-refractivity contribution in [2.45, 2.75) is 108 Å². The second-order valence-electron chi connectivity index (χ2n) is 11.5. The highest BCUT2D eigenvalue weighted by Crippen LogP contribution is 2.60. The summed E-state index contributed by atoms with van der Waals surface area (Å²) >= 11 is 6.51. The van der Waals surface area contributed by atoms with E-state index in [1.807, 2.05) is 0 Å². The van der Waals surface area contributed by atoms with Gasteiger partial charge in [-0.3, -0.25) is 23.4 Å². The van der Waals surface area contributed by atoms with Gasteiger partial charge in [-0.05, 0) is 47.5 Å². The van der Waals surface area contributed by atoms with Crippen LogP contribution in [0.25, 0.3) is 0 Å². The Hall–Kier alpha value is -1.89. The molecular formula is C26H40ClN2O15P. The van der Waals surface area contributed by atoms with E-state index in [0.717, 1.165) is 23.5 Å². The molecule has 3 aliphatic rings. The average Bonchev–Trinajstić information content (AvgIpc) is 3.58. The number of H-pyrrole nitrogens is 1. The normalized spacial score (nSPS) is 29.3. The number of halogens is 1. The lowest BCUT2D eigenvalue weighted by Gasteiger charge is -2.34. The molecule has 2 aliphatic heterocycles. The highest BCUT2D eigenvalue weighted by atomic mass is 35.5. The predicted molar refractivity (Wildman–Crippen MR) is 152 cm³/mol. The minimum Gasteiger partial charge on any atom is -0.432 e. The minimum atomic E-state index is -4.68. The van der Waals surface area contributed by atoms with E-state index in [9.17, 15) is 24.1 Å². The van der Waals surface area contributed by atoms with Gasteiger partial charge >= 0.3 is 19.7 Å². The van der Waals surface area contributed by atoms with Crippen LogP contribution in [0.4, 0.5) is 4.79 Å². The molecule has 0 bridgehead atoms. The minimum absolute atomic E-state index is 0.310. The first-order valence-electron chi connectivity index (χ1n) is 14.4. The van der Waals surface area contributed by atoms with Crippen molar-refractivity contribution in [3.8, 4) is 0 Å². The summed E-state index contributed by atoms with van der Waals surface area (Å²) in [6.45, 7) is 4.09. The predicted octanol–water partition coefficient (Wildman–Crippen LogP) is 2.84. The number of hydrogen-bond donors (Lipinski definition) is 2. The molecule has 2 saturated heterocycles. The third kappa shape index (κ3) is 8.34. The number of ether oxygens (including phenoxy) is 7. The number of rotatable bonds is 15. The number of phosphoric ester groups is 1. The molecule has 45 heavy (non-hydrogen) atoms. The molecule has 1 spiro atoms. The molecule has 3 heterocycles. The van der Waals surface area contributed by atoms with E-state index in [1.165, 1.54) is 6.20 Å². The Morgan fingerprint density at radius 1 is 1.13 bits per heavy atom. The first-order valence-corrected chi connectivity index (χ1v) is 16.4. The Kier molecular flexibility index (Phi) is 11.6. The standard InChI is InChI=1S/C26H40ClN2O15P/c1-16(2)40-22(32)35-14-38-45(34,39-15-36-23(33)41-17(3)4)37-13-25(12-27)19-24(5,44-26(42-19)9-6-7-10-26)20(43-25)29-11-8-18(30)28-21(29)31/h8,11,16-17,19-20,22,32H,6-7,9-10,12-15H2,1-5H3,(H,28,30,31)/t19-,20+,22?,24+,25+,45?/m0/s1. The van der Waals surface area contributed by atoms with Crippen LogP contribution in [0, 0.1) is 0 Å². The van der Waals surface area contributed by atoms with Crippen molar-refractivity contribution in [1.29, 1.82) is 0 Å². The average molecular weight is 687 g/mol. The zero-order valence-corrected chi connectivity index (χ0v) is 27.3. The van der Waals surface area contributed by atoms with Crippen LogP contribution in [-0.4, -0.2) is 88.7 Å². The molecular weight excluding hydrogens is 647 g/mol. The van der Waals surface area contributed by atoms with Crippen LogP contribution in [0.2, 0.25) is 0 Å². The molecule has 2 unspecified atom stereocenters. The molecule has 256 valence electrons. The quantitative estimate of drug-likeness (QED) is 0.118. The number of alkyl halides is 1. The lowest BCUT2D eigenvalue weighted by molar-refractivity contribution is -0.295. The van der Waals surface area contributed by atoms with Gasteiger partial charge in [-0.1, -0.05) is 0 Å². The summed E-state index contributed by atoms with van der Waals surface area (Å²) in [6.07, 6.45) is -0.0937. The molecule has 1 aromatic heterocycles. The Morgan fingerprint density at radius 3 is 2.44 bits per heavy atom. The lowest BCUT2D eigenvalue weighted by atomic mass is 9.89. The number of aliphatic hydroxyl groups excluding tert-OH is 1. The fourth-order valence-electron chi connectivity index (χ4n) is 5.44. The van der Waals surface area contributed by atoms with Crippen molar-refractivity contribution < 1.29 is 61.2 Å². The molecule has 19 heteroatoms. The van der Waals surface area contributed by atoms with E-state index in [1.54, 1.807) is 34.6 Å². The van der Waals surface area contributed by atoms with Crippen molar-refractivity contribution in [3.05, 3.63) is 33.1 Å². The van der Waals surface area contributed by atoms with Crippen molar-refractivity contribution in [1.82, 2.24) is 9.55 Å². The van der Waals surface area contributed by atoms with E-state index in [-0.39, 0.29) is 5.88 Å². The molecule has 1 aromatic rings. The number of aromatic nitrogens is 2. The molecule has 1 saturated carbocycles. The number of carbonyl (C=O) groups is 1. The largest absolute Gasteiger partial charge is 0.510 e. The van der Waals surface area contributed by atoms with Crippen LogP contribution in [-0.2, 0) is 51.3 Å². The third-order valence-corrected chi connectivity index (χ3v) is 9.01. The second kappa shape index (κ2) is 14.5. The van der Waals surface area contributed by atoms with Gasteiger partial charge in [0.2, 0.25) is 6.79 Å². The number of phosphoric acid groups is 1. The van der Waals surface area contributed by atoms with Gasteiger partial charge in [-0.15, -0.1) is 11.6 Å². The Bertz CT molecular complexity index is 1330. The molecule has 0 aromatic carbocycles. The first-order chi connectivity index (χ1) is 21.1. The molecule has 0 amide bonds. The Morgan fingerprint density at radius 2 is 1.82 bits per heavy atom. The van der Waals surface area contributed by atoms with Gasteiger partial charge in [0.15, 0.2) is 18.8 Å². The highest BCUT2D eigenvalue weighted by Gasteiger charge is 2.72. The van der Waals surface area contributed by atoms with Gasteiger partial charge in [0, 0.05) is 25.1 Å². The van der Waals surface area contributed by atoms with Crippen LogP contribution in [0.3, 0.4) is 0 Å². The summed E-state index contributed by atoms with van der Waals surface area (Å²) in [5, 5.41) is 9.84. The van der Waals surface area contributed by atoms with Crippen LogP contribution < -0.4 is 11.2 Å². The van der Waals surface area contributed by atoms with Crippen LogP contribution >= 0.6 is 19.4 Å². The van der Waals surface area contributed by atoms with Gasteiger partial charge in [-0.25, -0.2) is 18.7 Å². The maximum Gasteiger partial charge on any atom is 0.510 e. The Balaban J connectivity index is 1.58. The fraction of sp³-hybridized carbons (Fsp3) is 0.808. The third-order valence-electron chi connectivity index (χ3n) is 7.27. The summed E-state index contributed by atoms with van der Waals surface area (Å²) in [5.74, 6) is -1.30. The summed E-state index contributed by atoms with van der Waals surface area (Å²) in [4.78, 5) is 38.7. The van der Waals surface area contributed by atoms with Gasteiger partial charge < -0.3 is 38.3 Å². The maximum atomic E-state index is 13.7. The van der Waals surface area contributed by atoms with Gasteiger partial charge in [0.1, 0.15) is 17.3 Å². The van der Waals surface area contributed by atoms with Gasteiger partial charge in [0.25, 0.3) is 12.0 Å². The highest BCUT2D eigenvalue weighted by molar-refractivity contribution is 7.48. The van der Waals surface area contributed by atoms with Crippen LogP contribution in [0.5, 0.6) is 0 Å². The number of carbonyl (C=O) groups excluding carboxylic acids is 1. The second-order valence-corrected chi connectivity index (χ2v) is 13.5. The SMILES string of the molecule is CC(C)OC(=O)OCOP(=O)(OCOC(O)OC(C)C)OC[C@@]1(CCl)O[C@@H](n2ccc(=O)[nH]c2=O)[C@]2(C)OC3(CCCC3)O[C@H]12. The molecule has 0 radical (unpaired) electrons. The van der Waals surface area contributed by atoms with Crippen molar-refractivity contribution in [2.24, 2.45) is 0 Å². The molecule has 17 nitrogen and oxygen atoms in total. The zero-order valence-electron chi connectivity index (χ0n) is 25.6. The fourth-order valence-corrected chi connectivity index (χ4v) is 6.69.